The first-order chi connectivity index (χ1) is 15.6. The smallest absolute Gasteiger partial charge is 0.192 e. The maximum absolute atomic E-state index is 5.79. The number of nitrogens with zero attached hydrogens (tertiary/aromatic N) is 2. The topological polar surface area (TPSA) is 49.0 Å². The molecule has 0 radical (unpaired) electrons. The number of hydrogen-bond donors (Lipinski definition) is 2. The molecule has 170 valence electrons. The Morgan fingerprint density at radius 3 is 1.41 bits per heavy atom. The Bertz CT molecular complexity index is 859. The molecule has 4 rings (SSSR count). The highest BCUT2D eigenvalue weighted by Gasteiger charge is 2.47. The van der Waals surface area contributed by atoms with Crippen LogP contribution in [0.1, 0.15) is 63.0 Å². The third-order valence-corrected chi connectivity index (χ3v) is 6.19. The van der Waals surface area contributed by atoms with E-state index in [0.717, 1.165) is 61.5 Å². The first-order valence-corrected chi connectivity index (χ1v) is 12.1. The fourth-order valence-electron chi connectivity index (χ4n) is 3.78. The molecule has 2 N–H and O–H groups in total. The lowest BCUT2D eigenvalue weighted by Gasteiger charge is -2.26. The van der Waals surface area contributed by atoms with Crippen molar-refractivity contribution < 1.29 is 9.47 Å². The van der Waals surface area contributed by atoms with Gasteiger partial charge in [0, 0.05) is 0 Å². The predicted octanol–water partition coefficient (Wildman–Crippen LogP) is 5.04. The number of hydrazine groups is 1. The van der Waals surface area contributed by atoms with Crippen LogP contribution in [0.25, 0.3) is 0 Å². The van der Waals surface area contributed by atoms with Crippen molar-refractivity contribution in [1.82, 2.24) is 20.7 Å². The van der Waals surface area contributed by atoms with E-state index in [4.69, 9.17) is 33.9 Å². The van der Waals surface area contributed by atoms with Gasteiger partial charge in [-0.25, -0.2) is 10.0 Å². The van der Waals surface area contributed by atoms with Crippen molar-refractivity contribution in [3.8, 4) is 11.5 Å². The van der Waals surface area contributed by atoms with E-state index in [9.17, 15) is 0 Å². The second-order valence-corrected chi connectivity index (χ2v) is 8.71. The number of thiocarbonyl (C=S) groups is 2. The zero-order valence-electron chi connectivity index (χ0n) is 18.5. The molecule has 2 aromatic carbocycles. The number of unbranched alkanes of at least 4 members (excludes halogenated alkanes) is 2. The summed E-state index contributed by atoms with van der Waals surface area (Å²) in [7, 11) is 0. The van der Waals surface area contributed by atoms with Crippen LogP contribution in [-0.4, -0.2) is 33.5 Å². The molecule has 32 heavy (non-hydrogen) atoms. The van der Waals surface area contributed by atoms with Gasteiger partial charge >= 0.3 is 0 Å². The van der Waals surface area contributed by atoms with Gasteiger partial charge in [-0.1, -0.05) is 51.0 Å². The van der Waals surface area contributed by atoms with Gasteiger partial charge in [-0.2, -0.15) is 0 Å². The molecule has 2 aromatic rings. The molecule has 2 aliphatic rings. The molecular weight excluding hydrogens is 440 g/mol. The first-order valence-electron chi connectivity index (χ1n) is 11.3. The number of nitrogens with one attached hydrogen (secondary N) is 2. The summed E-state index contributed by atoms with van der Waals surface area (Å²) in [5.74, 6) is 1.75. The fraction of sp³-hybridized carbons (Fsp3) is 0.417. The summed E-state index contributed by atoms with van der Waals surface area (Å²) in [6.07, 6.45) is 4.02. The number of fused-ring (bicyclic) bond motifs is 1. The van der Waals surface area contributed by atoms with E-state index in [1.54, 1.807) is 0 Å². The largest absolute Gasteiger partial charge is 0.494 e. The standard InChI is InChI=1S/C24H30N4O2S2/c1-3-5-15-29-19-11-7-17(8-12-19)21-25-23(31)28-22(26-24(32)27(21)28)18-9-13-20(14-10-18)30-16-6-4-2/h7-14,21-22H,3-6,15-16H2,1-2H3,(H,25,31)(H,26,32)/t21-,22-/m0/s1. The Morgan fingerprint density at radius 1 is 0.688 bits per heavy atom. The van der Waals surface area contributed by atoms with Gasteiger partial charge in [-0.3, -0.25) is 0 Å². The summed E-state index contributed by atoms with van der Waals surface area (Å²) in [6.45, 7) is 5.78. The van der Waals surface area contributed by atoms with E-state index in [1.165, 1.54) is 0 Å². The Labute approximate surface area is 200 Å². The molecule has 6 nitrogen and oxygen atoms in total. The zero-order chi connectivity index (χ0) is 22.5. The summed E-state index contributed by atoms with van der Waals surface area (Å²) in [5, 5.41) is 12.1. The van der Waals surface area contributed by atoms with Crippen molar-refractivity contribution in [3.05, 3.63) is 59.7 Å². The van der Waals surface area contributed by atoms with Crippen molar-refractivity contribution >= 4 is 34.7 Å². The highest BCUT2D eigenvalue weighted by atomic mass is 32.1. The number of hydrogen-bond acceptors (Lipinski definition) is 4. The Kier molecular flexibility index (Phi) is 7.32. The van der Waals surface area contributed by atoms with Crippen LogP contribution in [0.4, 0.5) is 0 Å². The third kappa shape index (κ3) is 4.76. The van der Waals surface area contributed by atoms with E-state index >= 15 is 0 Å². The van der Waals surface area contributed by atoms with Gasteiger partial charge < -0.3 is 20.1 Å². The maximum atomic E-state index is 5.79. The molecule has 0 aliphatic carbocycles. The normalized spacial score (nSPS) is 19.6. The monoisotopic (exact) mass is 470 g/mol. The van der Waals surface area contributed by atoms with Crippen molar-refractivity contribution in [2.45, 2.75) is 51.9 Å². The van der Waals surface area contributed by atoms with Crippen molar-refractivity contribution in [2.75, 3.05) is 13.2 Å². The molecule has 2 heterocycles. The van der Waals surface area contributed by atoms with Crippen LogP contribution in [0.3, 0.4) is 0 Å². The Hall–Kier alpha value is -2.58. The van der Waals surface area contributed by atoms with Crippen molar-refractivity contribution in [3.63, 3.8) is 0 Å². The number of rotatable bonds is 10. The molecular formula is C24H30N4O2S2. The van der Waals surface area contributed by atoms with E-state index < -0.39 is 0 Å². The lowest BCUT2D eigenvalue weighted by atomic mass is 10.1. The SMILES string of the molecule is CCCCOc1ccc([C@H]2NC(=S)N3[C@@H](c4ccc(OCCCC)cc4)NC(=S)N23)cc1. The first kappa shape index (κ1) is 22.6. The van der Waals surface area contributed by atoms with Crippen LogP contribution in [-0.2, 0) is 0 Å². The highest BCUT2D eigenvalue weighted by Crippen LogP contribution is 2.37. The van der Waals surface area contributed by atoms with Crippen LogP contribution in [0.2, 0.25) is 0 Å². The summed E-state index contributed by atoms with van der Waals surface area (Å²) in [4.78, 5) is 0. The lowest BCUT2D eigenvalue weighted by molar-refractivity contribution is 0.114. The molecule has 2 atom stereocenters. The minimum atomic E-state index is -0.158. The number of benzene rings is 2. The van der Waals surface area contributed by atoms with Gasteiger partial charge in [0.25, 0.3) is 0 Å². The quantitative estimate of drug-likeness (QED) is 0.370. The van der Waals surface area contributed by atoms with Gasteiger partial charge in [0.2, 0.25) is 0 Å². The Morgan fingerprint density at radius 2 is 1.06 bits per heavy atom. The van der Waals surface area contributed by atoms with E-state index in [-0.39, 0.29) is 12.3 Å². The summed E-state index contributed by atoms with van der Waals surface area (Å²) in [5.41, 5.74) is 2.14. The number of ether oxygens (including phenoxy) is 2. The second kappa shape index (κ2) is 10.4. The predicted molar refractivity (Wildman–Crippen MR) is 134 cm³/mol. The van der Waals surface area contributed by atoms with Crippen LogP contribution in [0, 0.1) is 0 Å². The summed E-state index contributed by atoms with van der Waals surface area (Å²) < 4.78 is 11.6. The summed E-state index contributed by atoms with van der Waals surface area (Å²) >= 11 is 11.4. The third-order valence-electron chi connectivity index (χ3n) is 5.58. The van der Waals surface area contributed by atoms with Gasteiger partial charge in [-0.15, -0.1) is 0 Å². The van der Waals surface area contributed by atoms with Crippen molar-refractivity contribution in [2.24, 2.45) is 0 Å². The molecule has 0 unspecified atom stereocenters. The molecule has 0 spiro atoms. The van der Waals surface area contributed by atoms with Crippen LogP contribution < -0.4 is 20.1 Å². The van der Waals surface area contributed by atoms with Gasteiger partial charge in [0.05, 0.1) is 13.2 Å². The molecule has 0 amide bonds. The molecule has 2 saturated heterocycles. The van der Waals surface area contributed by atoms with Gasteiger partial charge in [0.1, 0.15) is 23.8 Å². The van der Waals surface area contributed by atoms with E-state index in [2.05, 4.69) is 48.7 Å². The van der Waals surface area contributed by atoms with E-state index in [0.29, 0.717) is 10.2 Å². The molecule has 8 heteroatoms. The molecule has 0 saturated carbocycles. The molecule has 0 aromatic heterocycles. The van der Waals surface area contributed by atoms with Crippen molar-refractivity contribution in [1.29, 1.82) is 0 Å². The zero-order valence-corrected chi connectivity index (χ0v) is 20.2. The second-order valence-electron chi connectivity index (χ2n) is 7.94. The Balaban J connectivity index is 1.46. The molecule has 0 bridgehead atoms. The summed E-state index contributed by atoms with van der Waals surface area (Å²) in [6, 6.07) is 16.2. The minimum absolute atomic E-state index is 0.158. The van der Waals surface area contributed by atoms with Gasteiger partial charge in [0.15, 0.2) is 10.2 Å². The maximum Gasteiger partial charge on any atom is 0.192 e. The van der Waals surface area contributed by atoms with E-state index in [1.807, 2.05) is 34.3 Å². The average molecular weight is 471 g/mol. The van der Waals surface area contributed by atoms with Gasteiger partial charge in [-0.05, 0) is 72.7 Å². The van der Waals surface area contributed by atoms with Crippen LogP contribution >= 0.6 is 24.4 Å². The fourth-order valence-corrected chi connectivity index (χ4v) is 4.39. The highest BCUT2D eigenvalue weighted by molar-refractivity contribution is 7.80. The average Bonchev–Trinajstić information content (AvgIpc) is 3.33. The lowest BCUT2D eigenvalue weighted by Crippen LogP contribution is -2.36. The van der Waals surface area contributed by atoms with Crippen LogP contribution in [0.5, 0.6) is 11.5 Å². The molecule has 2 fully saturated rings. The molecule has 2 aliphatic heterocycles. The van der Waals surface area contributed by atoms with Crippen LogP contribution in [0.15, 0.2) is 48.5 Å². The minimum Gasteiger partial charge on any atom is -0.494 e.